The summed E-state index contributed by atoms with van der Waals surface area (Å²) in [6.45, 7) is 3.10. The third-order valence-corrected chi connectivity index (χ3v) is 4.11. The second-order valence-electron chi connectivity index (χ2n) is 4.75. The number of halogens is 1. The average molecular weight is 399 g/mol. The van der Waals surface area contributed by atoms with E-state index in [2.05, 4.69) is 22.6 Å². The van der Waals surface area contributed by atoms with Crippen molar-refractivity contribution in [3.05, 3.63) is 49.8 Å². The molecule has 1 aromatic carbocycles. The Balaban J connectivity index is 2.33. The van der Waals surface area contributed by atoms with Crippen LogP contribution in [0.2, 0.25) is 0 Å². The number of pyridine rings is 1. The highest BCUT2D eigenvalue weighted by Crippen LogP contribution is 2.26. The van der Waals surface area contributed by atoms with E-state index in [9.17, 15) is 4.79 Å². The first-order valence-electron chi connectivity index (χ1n) is 6.63. The van der Waals surface area contributed by atoms with Gasteiger partial charge in [0, 0.05) is 19.7 Å². The van der Waals surface area contributed by atoms with E-state index in [4.69, 9.17) is 9.47 Å². The Morgan fingerprint density at radius 1 is 1.19 bits per heavy atom. The highest BCUT2D eigenvalue weighted by Gasteiger charge is 2.09. The number of nitrogens with zero attached hydrogens (tertiary/aromatic N) is 1. The first-order chi connectivity index (χ1) is 10.0. The van der Waals surface area contributed by atoms with Crippen LogP contribution in [0.25, 0.3) is 11.3 Å². The van der Waals surface area contributed by atoms with Gasteiger partial charge in [0.1, 0.15) is 12.4 Å². The maximum atomic E-state index is 12.0. The second kappa shape index (κ2) is 7.09. The van der Waals surface area contributed by atoms with Crippen molar-refractivity contribution in [2.24, 2.45) is 7.05 Å². The van der Waals surface area contributed by atoms with Crippen LogP contribution in [0.3, 0.4) is 0 Å². The fourth-order valence-electron chi connectivity index (χ4n) is 2.13. The number of benzene rings is 1. The quantitative estimate of drug-likeness (QED) is 0.574. The van der Waals surface area contributed by atoms with Crippen molar-refractivity contribution in [3.63, 3.8) is 0 Å². The Morgan fingerprint density at radius 2 is 1.95 bits per heavy atom. The van der Waals surface area contributed by atoms with Gasteiger partial charge in [-0.2, -0.15) is 0 Å². The minimum atomic E-state index is 0.0212. The van der Waals surface area contributed by atoms with Crippen LogP contribution in [0.1, 0.15) is 5.56 Å². The summed E-state index contributed by atoms with van der Waals surface area (Å²) in [6, 6.07) is 9.70. The van der Waals surface area contributed by atoms with E-state index in [0.717, 1.165) is 26.1 Å². The largest absolute Gasteiger partial charge is 0.491 e. The second-order valence-corrected chi connectivity index (χ2v) is 5.91. The van der Waals surface area contributed by atoms with Crippen molar-refractivity contribution >= 4 is 22.6 Å². The predicted octanol–water partition coefficient (Wildman–Crippen LogP) is 2.99. The Bertz CT molecular complexity index is 694. The highest BCUT2D eigenvalue weighted by atomic mass is 127. The van der Waals surface area contributed by atoms with Gasteiger partial charge < -0.3 is 14.0 Å². The van der Waals surface area contributed by atoms with E-state index in [0.29, 0.717) is 13.2 Å². The van der Waals surface area contributed by atoms with E-state index < -0.39 is 0 Å². The van der Waals surface area contributed by atoms with Crippen LogP contribution in [0, 0.1) is 10.5 Å². The summed E-state index contributed by atoms with van der Waals surface area (Å²) in [5.41, 5.74) is 3.03. The minimum Gasteiger partial charge on any atom is -0.491 e. The summed E-state index contributed by atoms with van der Waals surface area (Å²) < 4.78 is 13.0. The molecule has 5 heteroatoms. The number of hydrogen-bond acceptors (Lipinski definition) is 3. The summed E-state index contributed by atoms with van der Waals surface area (Å²) in [5, 5.41) is 0. The molecule has 0 bridgehead atoms. The molecule has 0 saturated heterocycles. The summed E-state index contributed by atoms with van der Waals surface area (Å²) in [5.74, 6) is 0.809. The van der Waals surface area contributed by atoms with Gasteiger partial charge in [-0.25, -0.2) is 0 Å². The number of methoxy groups -OCH3 is 1. The molecule has 0 spiro atoms. The number of aryl methyl sites for hydroxylation is 1. The van der Waals surface area contributed by atoms with E-state index in [-0.39, 0.29) is 5.56 Å². The smallest absolute Gasteiger partial charge is 0.264 e. The molecule has 0 fully saturated rings. The lowest BCUT2D eigenvalue weighted by atomic mass is 10.0. The standard InChI is InChI=1S/C16H18INO3/c1-11-10-12(21-9-8-20-3)4-5-13(11)15-7-6-14(17)16(19)18(15)2/h4-7,10H,8-9H2,1-3H3. The van der Waals surface area contributed by atoms with Crippen LogP contribution < -0.4 is 10.3 Å². The van der Waals surface area contributed by atoms with Crippen molar-refractivity contribution < 1.29 is 9.47 Å². The van der Waals surface area contributed by atoms with E-state index in [1.807, 2.05) is 37.3 Å². The maximum absolute atomic E-state index is 12.0. The lowest BCUT2D eigenvalue weighted by Crippen LogP contribution is -2.20. The van der Waals surface area contributed by atoms with Gasteiger partial charge in [0.25, 0.3) is 5.56 Å². The highest BCUT2D eigenvalue weighted by molar-refractivity contribution is 14.1. The van der Waals surface area contributed by atoms with Gasteiger partial charge in [0.05, 0.1) is 15.9 Å². The molecule has 0 aliphatic carbocycles. The van der Waals surface area contributed by atoms with Gasteiger partial charge in [0.2, 0.25) is 0 Å². The molecule has 2 aromatic rings. The molecular formula is C16H18INO3. The third-order valence-electron chi connectivity index (χ3n) is 3.29. The molecule has 112 valence electrons. The van der Waals surface area contributed by atoms with Crippen LogP contribution in [0.15, 0.2) is 35.1 Å². The first-order valence-corrected chi connectivity index (χ1v) is 7.70. The van der Waals surface area contributed by atoms with Gasteiger partial charge in [-0.05, 0) is 65.4 Å². The van der Waals surface area contributed by atoms with Gasteiger partial charge in [-0.1, -0.05) is 0 Å². The van der Waals surface area contributed by atoms with Crippen molar-refractivity contribution in [2.45, 2.75) is 6.92 Å². The zero-order valence-corrected chi connectivity index (χ0v) is 14.5. The minimum absolute atomic E-state index is 0.0212. The number of aromatic nitrogens is 1. The van der Waals surface area contributed by atoms with Crippen molar-refractivity contribution in [3.8, 4) is 17.0 Å². The monoisotopic (exact) mass is 399 g/mol. The molecular weight excluding hydrogens is 381 g/mol. The number of hydrogen-bond donors (Lipinski definition) is 0. The Labute approximate surface area is 137 Å². The number of rotatable bonds is 5. The molecule has 0 atom stereocenters. The van der Waals surface area contributed by atoms with Crippen LogP contribution in [-0.2, 0) is 11.8 Å². The molecule has 4 nitrogen and oxygen atoms in total. The first kappa shape index (κ1) is 16.0. The third kappa shape index (κ3) is 3.65. The van der Waals surface area contributed by atoms with E-state index in [1.54, 1.807) is 18.7 Å². The SMILES string of the molecule is COCCOc1ccc(-c2ccc(I)c(=O)n2C)c(C)c1. The summed E-state index contributed by atoms with van der Waals surface area (Å²) in [7, 11) is 3.44. The summed E-state index contributed by atoms with van der Waals surface area (Å²) in [4.78, 5) is 12.0. The van der Waals surface area contributed by atoms with Crippen LogP contribution in [-0.4, -0.2) is 24.9 Å². The predicted molar refractivity (Wildman–Crippen MR) is 91.9 cm³/mol. The molecule has 0 unspecified atom stereocenters. The average Bonchev–Trinajstić information content (AvgIpc) is 2.46. The summed E-state index contributed by atoms with van der Waals surface area (Å²) >= 11 is 2.05. The molecule has 0 saturated carbocycles. The number of ether oxygens (including phenoxy) is 2. The molecule has 1 aromatic heterocycles. The van der Waals surface area contributed by atoms with Crippen molar-refractivity contribution in [1.82, 2.24) is 4.57 Å². The molecule has 0 aliphatic rings. The molecule has 2 rings (SSSR count). The Kier molecular flexibility index (Phi) is 5.41. The van der Waals surface area contributed by atoms with Crippen molar-refractivity contribution in [1.29, 1.82) is 0 Å². The molecule has 21 heavy (non-hydrogen) atoms. The molecule has 0 amide bonds. The van der Waals surface area contributed by atoms with Gasteiger partial charge in [-0.15, -0.1) is 0 Å². The van der Waals surface area contributed by atoms with Crippen LogP contribution >= 0.6 is 22.6 Å². The fraction of sp³-hybridized carbons (Fsp3) is 0.312. The van der Waals surface area contributed by atoms with Gasteiger partial charge in [0.15, 0.2) is 0 Å². The van der Waals surface area contributed by atoms with Crippen molar-refractivity contribution in [2.75, 3.05) is 20.3 Å². The van der Waals surface area contributed by atoms with E-state index >= 15 is 0 Å². The maximum Gasteiger partial charge on any atom is 0.264 e. The normalized spacial score (nSPS) is 10.7. The zero-order valence-electron chi connectivity index (χ0n) is 12.4. The topological polar surface area (TPSA) is 40.5 Å². The summed E-state index contributed by atoms with van der Waals surface area (Å²) in [6.07, 6.45) is 0. The molecule has 0 N–H and O–H groups in total. The lowest BCUT2D eigenvalue weighted by molar-refractivity contribution is 0.146. The zero-order chi connectivity index (χ0) is 15.4. The lowest BCUT2D eigenvalue weighted by Gasteiger charge is -2.13. The van der Waals surface area contributed by atoms with E-state index in [1.165, 1.54) is 0 Å². The molecule has 0 radical (unpaired) electrons. The Hall–Kier alpha value is -1.34. The van der Waals surface area contributed by atoms with Gasteiger partial charge in [-0.3, -0.25) is 4.79 Å². The fourth-order valence-corrected chi connectivity index (χ4v) is 2.67. The van der Waals surface area contributed by atoms with Gasteiger partial charge >= 0.3 is 0 Å². The molecule has 1 heterocycles. The Morgan fingerprint density at radius 3 is 2.62 bits per heavy atom. The van der Waals surface area contributed by atoms with Crippen LogP contribution in [0.5, 0.6) is 5.75 Å². The van der Waals surface area contributed by atoms with Crippen LogP contribution in [0.4, 0.5) is 0 Å². The molecule has 0 aliphatic heterocycles.